The molecule has 0 radical (unpaired) electrons. The summed E-state index contributed by atoms with van der Waals surface area (Å²) in [7, 11) is 0. The molecule has 0 spiro atoms. The highest BCUT2D eigenvalue weighted by Gasteiger charge is 2.42. The number of halogens is 3. The van der Waals surface area contributed by atoms with Gasteiger partial charge in [0.15, 0.2) is 0 Å². The third-order valence-corrected chi connectivity index (χ3v) is 3.89. The Kier molecular flexibility index (Phi) is 4.14. The lowest BCUT2D eigenvalue weighted by molar-refractivity contribution is -0.174. The molecule has 0 aromatic carbocycles. The van der Waals surface area contributed by atoms with Gasteiger partial charge in [-0.15, -0.1) is 0 Å². The first-order valence-electron chi connectivity index (χ1n) is 6.60. The van der Waals surface area contributed by atoms with Crippen LogP contribution in [0.2, 0.25) is 0 Å². The van der Waals surface area contributed by atoms with Crippen LogP contribution in [-0.4, -0.2) is 30.2 Å². The topological polar surface area (TPSA) is 41.1 Å². The minimum Gasteiger partial charge on any atom is -0.344 e. The van der Waals surface area contributed by atoms with E-state index in [1.165, 1.54) is 12.8 Å². The fourth-order valence-corrected chi connectivity index (χ4v) is 2.98. The fraction of sp³-hybridized carbons (Fsp3) is 0.917. The maximum absolute atomic E-state index is 12.2. The molecule has 0 aromatic rings. The summed E-state index contributed by atoms with van der Waals surface area (Å²) >= 11 is 0. The van der Waals surface area contributed by atoms with Gasteiger partial charge in [0.2, 0.25) is 0 Å². The maximum Gasteiger partial charge on any atom is 0.471 e. The van der Waals surface area contributed by atoms with Gasteiger partial charge in [-0.05, 0) is 32.1 Å². The lowest BCUT2D eigenvalue weighted by Crippen LogP contribution is -2.52. The van der Waals surface area contributed by atoms with Crippen LogP contribution in [0.15, 0.2) is 0 Å². The van der Waals surface area contributed by atoms with Gasteiger partial charge >= 0.3 is 12.1 Å². The van der Waals surface area contributed by atoms with E-state index < -0.39 is 12.1 Å². The summed E-state index contributed by atoms with van der Waals surface area (Å²) < 4.78 is 36.6. The maximum atomic E-state index is 12.2. The van der Waals surface area contributed by atoms with Crippen LogP contribution in [0.5, 0.6) is 0 Å². The Morgan fingerprint density at radius 1 is 0.944 bits per heavy atom. The van der Waals surface area contributed by atoms with Crippen molar-refractivity contribution in [3.63, 3.8) is 0 Å². The summed E-state index contributed by atoms with van der Waals surface area (Å²) in [5.41, 5.74) is 0. The molecule has 0 aromatic heterocycles. The molecule has 2 N–H and O–H groups in total. The SMILES string of the molecule is O=C(NC1CCCC1NC1CCCC1)C(F)(F)F. The summed E-state index contributed by atoms with van der Waals surface area (Å²) in [4.78, 5) is 10.9. The van der Waals surface area contributed by atoms with Gasteiger partial charge in [0.25, 0.3) is 0 Å². The normalized spacial score (nSPS) is 29.7. The highest BCUT2D eigenvalue weighted by atomic mass is 19.4. The smallest absolute Gasteiger partial charge is 0.344 e. The number of rotatable bonds is 3. The molecule has 2 unspecified atom stereocenters. The molecule has 2 saturated carbocycles. The lowest BCUT2D eigenvalue weighted by atomic mass is 10.1. The Hall–Kier alpha value is -0.780. The molecule has 2 aliphatic carbocycles. The second-order valence-electron chi connectivity index (χ2n) is 5.26. The van der Waals surface area contributed by atoms with E-state index in [0.717, 1.165) is 25.7 Å². The van der Waals surface area contributed by atoms with Gasteiger partial charge in [0, 0.05) is 18.1 Å². The average Bonchev–Trinajstić information content (AvgIpc) is 2.90. The molecular formula is C12H19F3N2O. The quantitative estimate of drug-likeness (QED) is 0.819. The van der Waals surface area contributed by atoms with Crippen molar-refractivity contribution < 1.29 is 18.0 Å². The molecule has 3 nitrogen and oxygen atoms in total. The van der Waals surface area contributed by atoms with Gasteiger partial charge in [-0.25, -0.2) is 0 Å². The monoisotopic (exact) mass is 264 g/mol. The molecule has 0 heterocycles. The highest BCUT2D eigenvalue weighted by Crippen LogP contribution is 2.25. The van der Waals surface area contributed by atoms with Crippen LogP contribution in [0.4, 0.5) is 13.2 Å². The van der Waals surface area contributed by atoms with Crippen molar-refractivity contribution in [2.24, 2.45) is 0 Å². The molecule has 104 valence electrons. The zero-order valence-electron chi connectivity index (χ0n) is 10.2. The molecule has 2 atom stereocenters. The Balaban J connectivity index is 1.85. The van der Waals surface area contributed by atoms with Gasteiger partial charge in [-0.2, -0.15) is 13.2 Å². The molecule has 18 heavy (non-hydrogen) atoms. The molecule has 0 aliphatic heterocycles. The molecule has 2 fully saturated rings. The van der Waals surface area contributed by atoms with Crippen molar-refractivity contribution >= 4 is 5.91 Å². The Morgan fingerprint density at radius 2 is 1.56 bits per heavy atom. The molecule has 2 rings (SSSR count). The third kappa shape index (κ3) is 3.37. The number of carbonyl (C=O) groups is 1. The highest BCUT2D eigenvalue weighted by molar-refractivity contribution is 5.82. The van der Waals surface area contributed by atoms with Gasteiger partial charge in [-0.3, -0.25) is 4.79 Å². The van der Waals surface area contributed by atoms with E-state index >= 15 is 0 Å². The summed E-state index contributed by atoms with van der Waals surface area (Å²) in [5, 5.41) is 5.52. The first kappa shape index (κ1) is 13.6. The van der Waals surface area contributed by atoms with Crippen LogP contribution in [0.1, 0.15) is 44.9 Å². The molecular weight excluding hydrogens is 245 g/mol. The standard InChI is InChI=1S/C12H19F3N2O/c13-12(14,15)11(18)17-10-7-3-6-9(10)16-8-4-1-2-5-8/h8-10,16H,1-7H2,(H,17,18). The number of hydrogen-bond acceptors (Lipinski definition) is 2. The van der Waals surface area contributed by atoms with Crippen molar-refractivity contribution in [3.05, 3.63) is 0 Å². The van der Waals surface area contributed by atoms with Crippen molar-refractivity contribution in [2.75, 3.05) is 0 Å². The van der Waals surface area contributed by atoms with Gasteiger partial charge < -0.3 is 10.6 Å². The van der Waals surface area contributed by atoms with Gasteiger partial charge in [-0.1, -0.05) is 12.8 Å². The van der Waals surface area contributed by atoms with Crippen LogP contribution in [-0.2, 0) is 4.79 Å². The number of nitrogens with one attached hydrogen (secondary N) is 2. The van der Waals surface area contributed by atoms with Crippen molar-refractivity contribution in [1.29, 1.82) is 0 Å². The summed E-state index contributed by atoms with van der Waals surface area (Å²) in [6.45, 7) is 0. The van der Waals surface area contributed by atoms with E-state index in [2.05, 4.69) is 10.6 Å². The predicted molar refractivity (Wildman–Crippen MR) is 61.0 cm³/mol. The van der Waals surface area contributed by atoms with Crippen LogP contribution in [0, 0.1) is 0 Å². The van der Waals surface area contributed by atoms with Crippen molar-refractivity contribution in [2.45, 2.75) is 69.2 Å². The predicted octanol–water partition coefficient (Wildman–Crippen LogP) is 2.12. The molecule has 0 bridgehead atoms. The first-order chi connectivity index (χ1) is 8.47. The Bertz CT molecular complexity index is 300. The summed E-state index contributed by atoms with van der Waals surface area (Å²) in [6.07, 6.45) is 2.13. The number of carbonyl (C=O) groups excluding carboxylic acids is 1. The van der Waals surface area contributed by atoms with Crippen molar-refractivity contribution in [3.8, 4) is 0 Å². The van der Waals surface area contributed by atoms with Crippen LogP contribution >= 0.6 is 0 Å². The molecule has 2 aliphatic rings. The summed E-state index contributed by atoms with van der Waals surface area (Å²) in [5.74, 6) is -1.81. The first-order valence-corrected chi connectivity index (χ1v) is 6.60. The minimum atomic E-state index is -4.78. The van der Waals surface area contributed by atoms with E-state index in [9.17, 15) is 18.0 Å². The minimum absolute atomic E-state index is 0.000556. The largest absolute Gasteiger partial charge is 0.471 e. The van der Waals surface area contributed by atoms with E-state index in [4.69, 9.17) is 0 Å². The molecule has 0 saturated heterocycles. The number of alkyl halides is 3. The van der Waals surface area contributed by atoms with E-state index in [-0.39, 0.29) is 12.1 Å². The Labute approximate surface area is 104 Å². The Morgan fingerprint density at radius 3 is 2.17 bits per heavy atom. The zero-order valence-corrected chi connectivity index (χ0v) is 10.2. The second kappa shape index (κ2) is 5.47. The van der Waals surface area contributed by atoms with Crippen molar-refractivity contribution in [1.82, 2.24) is 10.6 Å². The van der Waals surface area contributed by atoms with Gasteiger partial charge in [0.1, 0.15) is 0 Å². The lowest BCUT2D eigenvalue weighted by Gasteiger charge is -2.25. The number of hydrogen-bond donors (Lipinski definition) is 2. The number of amides is 1. The van der Waals surface area contributed by atoms with Crippen LogP contribution in [0.3, 0.4) is 0 Å². The molecule has 6 heteroatoms. The van der Waals surface area contributed by atoms with Crippen LogP contribution < -0.4 is 10.6 Å². The zero-order chi connectivity index (χ0) is 13.2. The van der Waals surface area contributed by atoms with Gasteiger partial charge in [0.05, 0.1) is 0 Å². The second-order valence-corrected chi connectivity index (χ2v) is 5.26. The van der Waals surface area contributed by atoms with E-state index in [1.54, 1.807) is 0 Å². The third-order valence-electron chi connectivity index (χ3n) is 3.89. The van der Waals surface area contributed by atoms with E-state index in [0.29, 0.717) is 12.5 Å². The summed E-state index contributed by atoms with van der Waals surface area (Å²) in [6, 6.07) is 0.0394. The molecule has 1 amide bonds. The van der Waals surface area contributed by atoms with E-state index in [1.807, 2.05) is 0 Å². The van der Waals surface area contributed by atoms with Crippen LogP contribution in [0.25, 0.3) is 0 Å². The fourth-order valence-electron chi connectivity index (χ4n) is 2.98. The average molecular weight is 264 g/mol.